The smallest absolute Gasteiger partial charge is 0.0316 e. The first-order valence-corrected chi connectivity index (χ1v) is 3.30. The SMILES string of the molecule is C1=C\CC/C=C/CC/1. The van der Waals surface area contributed by atoms with Crippen molar-refractivity contribution in [3.05, 3.63) is 24.3 Å². The standard InChI is InChI=1S/C8H12/c1-2-4-6-8-7-5-3-1/h1-2,7-8H,3-6H2/b2-1-,8-7+. The average Bonchev–Trinajstić information content (AvgIpc) is 1.62. The molecular weight excluding hydrogens is 96.1 g/mol. The Kier molecular flexibility index (Phi) is 2.44. The van der Waals surface area contributed by atoms with Gasteiger partial charge in [-0.1, -0.05) is 24.3 Å². The predicted molar refractivity (Wildman–Crippen MR) is 36.7 cm³/mol. The third kappa shape index (κ3) is 1.97. The van der Waals surface area contributed by atoms with Gasteiger partial charge in [0.2, 0.25) is 0 Å². The Hall–Kier alpha value is -0.520. The summed E-state index contributed by atoms with van der Waals surface area (Å²) < 4.78 is 0. The van der Waals surface area contributed by atoms with E-state index in [9.17, 15) is 0 Å². The van der Waals surface area contributed by atoms with Gasteiger partial charge in [0, 0.05) is 0 Å². The van der Waals surface area contributed by atoms with Crippen LogP contribution in [-0.2, 0) is 0 Å². The number of allylic oxidation sites excluding steroid dienone is 4. The molecule has 1 aliphatic carbocycles. The Morgan fingerprint density at radius 1 is 0.500 bits per heavy atom. The molecule has 0 bridgehead atoms. The second-order valence-corrected chi connectivity index (χ2v) is 2.10. The van der Waals surface area contributed by atoms with Gasteiger partial charge in [-0.25, -0.2) is 0 Å². The van der Waals surface area contributed by atoms with Crippen LogP contribution in [0.4, 0.5) is 0 Å². The highest BCUT2D eigenvalue weighted by Gasteiger charge is 1.81. The average molecular weight is 108 g/mol. The van der Waals surface area contributed by atoms with Crippen molar-refractivity contribution in [3.63, 3.8) is 0 Å². The molecule has 0 N–H and O–H groups in total. The first kappa shape index (κ1) is 5.61. The van der Waals surface area contributed by atoms with Crippen molar-refractivity contribution in [3.8, 4) is 0 Å². The quantitative estimate of drug-likeness (QED) is 0.418. The Morgan fingerprint density at radius 3 is 1.00 bits per heavy atom. The van der Waals surface area contributed by atoms with Crippen LogP contribution in [0.25, 0.3) is 0 Å². The van der Waals surface area contributed by atoms with Crippen LogP contribution in [0.15, 0.2) is 24.3 Å². The van der Waals surface area contributed by atoms with Crippen LogP contribution in [0.1, 0.15) is 25.7 Å². The largest absolute Gasteiger partial charge is 0.0882 e. The van der Waals surface area contributed by atoms with Gasteiger partial charge in [-0.15, -0.1) is 0 Å². The van der Waals surface area contributed by atoms with Crippen LogP contribution in [0.5, 0.6) is 0 Å². The highest BCUT2D eigenvalue weighted by atomic mass is 13.9. The van der Waals surface area contributed by atoms with Crippen molar-refractivity contribution in [2.75, 3.05) is 0 Å². The van der Waals surface area contributed by atoms with Crippen molar-refractivity contribution < 1.29 is 0 Å². The van der Waals surface area contributed by atoms with Gasteiger partial charge in [-0.2, -0.15) is 0 Å². The zero-order chi connectivity index (χ0) is 5.66. The zero-order valence-electron chi connectivity index (χ0n) is 5.14. The molecular formula is C8H12. The number of hydrogen-bond acceptors (Lipinski definition) is 0. The summed E-state index contributed by atoms with van der Waals surface area (Å²) in [6.45, 7) is 0. The summed E-state index contributed by atoms with van der Waals surface area (Å²) in [5.74, 6) is 0. The third-order valence-electron chi connectivity index (χ3n) is 1.33. The lowest BCUT2D eigenvalue weighted by molar-refractivity contribution is 0.962. The van der Waals surface area contributed by atoms with Crippen LogP contribution in [-0.4, -0.2) is 0 Å². The fourth-order valence-corrected chi connectivity index (χ4v) is 0.856. The van der Waals surface area contributed by atoms with Crippen molar-refractivity contribution in [2.45, 2.75) is 25.7 Å². The third-order valence-corrected chi connectivity index (χ3v) is 1.33. The second kappa shape index (κ2) is 3.48. The molecule has 0 fully saturated rings. The van der Waals surface area contributed by atoms with Crippen LogP contribution < -0.4 is 0 Å². The van der Waals surface area contributed by atoms with Gasteiger partial charge in [0.15, 0.2) is 0 Å². The van der Waals surface area contributed by atoms with E-state index in [1.807, 2.05) is 0 Å². The molecule has 0 unspecified atom stereocenters. The van der Waals surface area contributed by atoms with Crippen molar-refractivity contribution in [2.24, 2.45) is 0 Å². The molecule has 0 aromatic heterocycles. The molecule has 8 heavy (non-hydrogen) atoms. The molecule has 0 amide bonds. The van der Waals surface area contributed by atoms with E-state index in [4.69, 9.17) is 0 Å². The molecule has 0 aromatic carbocycles. The summed E-state index contributed by atoms with van der Waals surface area (Å²) in [4.78, 5) is 0. The topological polar surface area (TPSA) is 0 Å². The minimum absolute atomic E-state index is 1.23. The first-order chi connectivity index (χ1) is 4.00. The Bertz CT molecular complexity index is 72.6. The maximum Gasteiger partial charge on any atom is -0.0316 e. The minimum Gasteiger partial charge on any atom is -0.0882 e. The van der Waals surface area contributed by atoms with Crippen molar-refractivity contribution >= 4 is 0 Å². The molecule has 0 nitrogen and oxygen atoms in total. The summed E-state index contributed by atoms with van der Waals surface area (Å²) in [7, 11) is 0. The maximum absolute atomic E-state index is 2.27. The van der Waals surface area contributed by atoms with Gasteiger partial charge in [-0.3, -0.25) is 0 Å². The van der Waals surface area contributed by atoms with E-state index in [-0.39, 0.29) is 0 Å². The van der Waals surface area contributed by atoms with Gasteiger partial charge in [0.25, 0.3) is 0 Å². The summed E-state index contributed by atoms with van der Waals surface area (Å²) in [5.41, 5.74) is 0. The van der Waals surface area contributed by atoms with Gasteiger partial charge >= 0.3 is 0 Å². The molecule has 0 aliphatic heterocycles. The molecule has 44 valence electrons. The van der Waals surface area contributed by atoms with Crippen molar-refractivity contribution in [1.82, 2.24) is 0 Å². The molecule has 0 aromatic rings. The van der Waals surface area contributed by atoms with Crippen LogP contribution in [0.3, 0.4) is 0 Å². The molecule has 1 aliphatic rings. The van der Waals surface area contributed by atoms with E-state index in [1.165, 1.54) is 25.7 Å². The van der Waals surface area contributed by atoms with Gasteiger partial charge in [0.05, 0.1) is 0 Å². The molecule has 0 atom stereocenters. The van der Waals surface area contributed by atoms with E-state index in [2.05, 4.69) is 24.3 Å². The summed E-state index contributed by atoms with van der Waals surface area (Å²) in [6, 6.07) is 0. The van der Waals surface area contributed by atoms with E-state index in [1.54, 1.807) is 0 Å². The van der Waals surface area contributed by atoms with Gasteiger partial charge in [0.1, 0.15) is 0 Å². The highest BCUT2D eigenvalue weighted by Crippen LogP contribution is 2.02. The summed E-state index contributed by atoms with van der Waals surface area (Å²) >= 11 is 0. The molecule has 0 spiro atoms. The normalized spacial score (nSPS) is 28.0. The molecule has 1 rings (SSSR count). The Balaban J connectivity index is 2.29. The maximum atomic E-state index is 2.27. The predicted octanol–water partition coefficient (Wildman–Crippen LogP) is 2.67. The lowest BCUT2D eigenvalue weighted by Gasteiger charge is -1.92. The molecule has 0 radical (unpaired) electrons. The Labute approximate surface area is 50.9 Å². The van der Waals surface area contributed by atoms with Crippen LogP contribution >= 0.6 is 0 Å². The highest BCUT2D eigenvalue weighted by molar-refractivity contribution is 4.93. The van der Waals surface area contributed by atoms with Crippen LogP contribution in [0, 0.1) is 0 Å². The Morgan fingerprint density at radius 2 is 0.750 bits per heavy atom. The van der Waals surface area contributed by atoms with Crippen LogP contribution in [0.2, 0.25) is 0 Å². The summed E-state index contributed by atoms with van der Waals surface area (Å²) in [6.07, 6.45) is 14.0. The van der Waals surface area contributed by atoms with Gasteiger partial charge < -0.3 is 0 Å². The van der Waals surface area contributed by atoms with E-state index >= 15 is 0 Å². The fraction of sp³-hybridized carbons (Fsp3) is 0.500. The van der Waals surface area contributed by atoms with E-state index < -0.39 is 0 Å². The summed E-state index contributed by atoms with van der Waals surface area (Å²) in [5, 5.41) is 0. The van der Waals surface area contributed by atoms with E-state index in [0.29, 0.717) is 0 Å². The van der Waals surface area contributed by atoms with Gasteiger partial charge in [-0.05, 0) is 25.7 Å². The number of rotatable bonds is 0. The van der Waals surface area contributed by atoms with E-state index in [0.717, 1.165) is 0 Å². The lowest BCUT2D eigenvalue weighted by Crippen LogP contribution is -1.71. The van der Waals surface area contributed by atoms with Crippen molar-refractivity contribution in [1.29, 1.82) is 0 Å². The monoisotopic (exact) mass is 108 g/mol. The number of hydrogen-bond donors (Lipinski definition) is 0. The minimum atomic E-state index is 1.23. The molecule has 0 heterocycles. The second-order valence-electron chi connectivity index (χ2n) is 2.10. The molecule has 0 heteroatoms. The molecule has 0 saturated heterocycles. The molecule has 0 saturated carbocycles. The zero-order valence-corrected chi connectivity index (χ0v) is 5.14. The first-order valence-electron chi connectivity index (χ1n) is 3.30. The fourth-order valence-electron chi connectivity index (χ4n) is 0.856. The lowest BCUT2D eigenvalue weighted by atomic mass is 10.1.